The van der Waals surface area contributed by atoms with Crippen LogP contribution in [-0.4, -0.2) is 38.4 Å². The minimum atomic E-state index is -4.45. The van der Waals surface area contributed by atoms with E-state index in [1.807, 2.05) is 0 Å². The van der Waals surface area contributed by atoms with Crippen LogP contribution in [0.3, 0.4) is 0 Å². The van der Waals surface area contributed by atoms with Gasteiger partial charge in [0.25, 0.3) is 0 Å². The fourth-order valence-corrected chi connectivity index (χ4v) is 2.39. The molecule has 0 aromatic heterocycles. The largest absolute Gasteiger partial charge is 0.493 e. The smallest absolute Gasteiger partial charge is 0.422 e. The van der Waals surface area contributed by atoms with Gasteiger partial charge in [-0.25, -0.2) is 0 Å². The summed E-state index contributed by atoms with van der Waals surface area (Å²) < 4.78 is 46.5. The Morgan fingerprint density at radius 1 is 1.38 bits per heavy atom. The van der Waals surface area contributed by atoms with Crippen LogP contribution in [0.5, 0.6) is 11.5 Å². The summed E-state index contributed by atoms with van der Waals surface area (Å²) in [4.78, 5) is 11.9. The molecule has 0 radical (unpaired) electrons. The Kier molecular flexibility index (Phi) is 7.62. The van der Waals surface area contributed by atoms with Gasteiger partial charge in [0.05, 0.1) is 7.11 Å². The molecule has 1 aliphatic rings. The maximum absolute atomic E-state index is 12.3. The molecule has 1 unspecified atom stereocenters. The molecule has 0 bridgehead atoms. The van der Waals surface area contributed by atoms with Crippen molar-refractivity contribution < 1.29 is 27.4 Å². The van der Waals surface area contributed by atoms with Crippen LogP contribution >= 0.6 is 12.4 Å². The highest BCUT2D eigenvalue weighted by atomic mass is 35.5. The van der Waals surface area contributed by atoms with Gasteiger partial charge in [-0.2, -0.15) is 13.2 Å². The number of anilines is 1. The Labute approximate surface area is 144 Å². The Morgan fingerprint density at radius 2 is 2.12 bits per heavy atom. The van der Waals surface area contributed by atoms with Crippen molar-refractivity contribution in [2.45, 2.75) is 31.5 Å². The third-order valence-electron chi connectivity index (χ3n) is 3.43. The van der Waals surface area contributed by atoms with E-state index in [4.69, 9.17) is 9.47 Å². The van der Waals surface area contributed by atoms with Gasteiger partial charge in [0.2, 0.25) is 5.91 Å². The van der Waals surface area contributed by atoms with E-state index in [9.17, 15) is 18.0 Å². The average molecular weight is 369 g/mol. The van der Waals surface area contributed by atoms with Crippen LogP contribution in [0.1, 0.15) is 19.3 Å². The summed E-state index contributed by atoms with van der Waals surface area (Å²) in [5.41, 5.74) is 0.367. The second-order valence-corrected chi connectivity index (χ2v) is 5.32. The van der Waals surface area contributed by atoms with Gasteiger partial charge in [-0.15, -0.1) is 12.4 Å². The number of carbonyl (C=O) groups excluding carboxylic acids is 1. The molecule has 24 heavy (non-hydrogen) atoms. The molecule has 1 aromatic carbocycles. The van der Waals surface area contributed by atoms with Crippen LogP contribution < -0.4 is 20.1 Å². The van der Waals surface area contributed by atoms with Gasteiger partial charge in [-0.3, -0.25) is 4.79 Å². The molecule has 136 valence electrons. The zero-order valence-electron chi connectivity index (χ0n) is 13.1. The maximum Gasteiger partial charge on any atom is 0.422 e. The molecule has 1 fully saturated rings. The number of halogens is 4. The van der Waals surface area contributed by atoms with Gasteiger partial charge in [-0.05, 0) is 31.5 Å². The fourth-order valence-electron chi connectivity index (χ4n) is 2.39. The Bertz CT molecular complexity index is 549. The number of rotatable bonds is 6. The second kappa shape index (κ2) is 8.98. The van der Waals surface area contributed by atoms with Crippen molar-refractivity contribution in [2.75, 3.05) is 25.6 Å². The number of methoxy groups -OCH3 is 1. The maximum atomic E-state index is 12.3. The second-order valence-electron chi connectivity index (χ2n) is 5.32. The number of hydrogen-bond acceptors (Lipinski definition) is 4. The average Bonchev–Trinajstić information content (AvgIpc) is 2.97. The monoisotopic (exact) mass is 368 g/mol. The summed E-state index contributed by atoms with van der Waals surface area (Å²) in [6.07, 6.45) is -2.14. The highest BCUT2D eigenvalue weighted by molar-refractivity contribution is 5.91. The first kappa shape index (κ1) is 20.4. The fraction of sp³-hybridized carbons (Fsp3) is 0.533. The summed E-state index contributed by atoms with van der Waals surface area (Å²) >= 11 is 0. The van der Waals surface area contributed by atoms with Gasteiger partial charge < -0.3 is 20.1 Å². The topological polar surface area (TPSA) is 59.6 Å². The number of nitrogens with one attached hydrogen (secondary N) is 2. The summed E-state index contributed by atoms with van der Waals surface area (Å²) in [7, 11) is 1.33. The van der Waals surface area contributed by atoms with E-state index >= 15 is 0 Å². The Hall–Kier alpha value is -1.67. The lowest BCUT2D eigenvalue weighted by molar-refractivity contribution is -0.153. The van der Waals surface area contributed by atoms with Crippen molar-refractivity contribution in [1.29, 1.82) is 0 Å². The molecule has 1 aromatic rings. The molecule has 1 amide bonds. The van der Waals surface area contributed by atoms with Crippen LogP contribution in [0.2, 0.25) is 0 Å². The zero-order valence-corrected chi connectivity index (χ0v) is 13.9. The minimum Gasteiger partial charge on any atom is -0.493 e. The highest BCUT2D eigenvalue weighted by Gasteiger charge is 2.29. The van der Waals surface area contributed by atoms with Crippen molar-refractivity contribution in [3.8, 4) is 11.5 Å². The molecule has 0 spiro atoms. The molecule has 1 saturated heterocycles. The third kappa shape index (κ3) is 6.45. The first-order valence-corrected chi connectivity index (χ1v) is 7.28. The van der Waals surface area contributed by atoms with Crippen molar-refractivity contribution >= 4 is 24.0 Å². The molecule has 1 atom stereocenters. The van der Waals surface area contributed by atoms with Gasteiger partial charge in [-0.1, -0.05) is 0 Å². The molecular weight excluding hydrogens is 349 g/mol. The van der Waals surface area contributed by atoms with Crippen LogP contribution in [0.25, 0.3) is 0 Å². The van der Waals surface area contributed by atoms with Crippen LogP contribution in [0.4, 0.5) is 18.9 Å². The predicted molar refractivity (Wildman–Crippen MR) is 86.1 cm³/mol. The first-order valence-electron chi connectivity index (χ1n) is 7.28. The predicted octanol–water partition coefficient (Wildman–Crippen LogP) is 3.14. The highest BCUT2D eigenvalue weighted by Crippen LogP contribution is 2.31. The van der Waals surface area contributed by atoms with E-state index in [0.717, 1.165) is 19.4 Å². The summed E-state index contributed by atoms with van der Waals surface area (Å²) in [5.74, 6) is -0.0948. The van der Waals surface area contributed by atoms with Crippen molar-refractivity contribution in [1.82, 2.24) is 5.32 Å². The molecular formula is C15H20ClF3N2O3. The quantitative estimate of drug-likeness (QED) is 0.810. The van der Waals surface area contributed by atoms with Gasteiger partial charge in [0.15, 0.2) is 18.1 Å². The molecule has 2 rings (SSSR count). The molecule has 0 aliphatic carbocycles. The normalized spacial score (nSPS) is 17.1. The summed E-state index contributed by atoms with van der Waals surface area (Å²) in [6, 6.07) is 4.48. The third-order valence-corrected chi connectivity index (χ3v) is 3.43. The lowest BCUT2D eigenvalue weighted by Gasteiger charge is -2.15. The summed E-state index contributed by atoms with van der Waals surface area (Å²) in [5, 5.41) is 5.87. The number of alkyl halides is 3. The molecule has 0 saturated carbocycles. The lowest BCUT2D eigenvalue weighted by atomic mass is 10.1. The van der Waals surface area contributed by atoms with Crippen LogP contribution in [-0.2, 0) is 4.79 Å². The van der Waals surface area contributed by atoms with E-state index < -0.39 is 12.8 Å². The number of amides is 1. The Balaban J connectivity index is 0.00000288. The first-order chi connectivity index (χ1) is 10.9. The summed E-state index contributed by atoms with van der Waals surface area (Å²) in [6.45, 7) is -0.525. The molecule has 9 heteroatoms. The van der Waals surface area contributed by atoms with Crippen LogP contribution in [0.15, 0.2) is 18.2 Å². The van der Waals surface area contributed by atoms with Crippen molar-refractivity contribution in [2.24, 2.45) is 0 Å². The standard InChI is InChI=1S/C15H19F3N2O3.ClH/c1-22-12-5-4-11(7-13(12)23-9-15(16,17)18)20-14(21)8-10-3-2-6-19-10;/h4-5,7,10,19H,2-3,6,8-9H2,1H3,(H,20,21);1H. The molecule has 1 aliphatic heterocycles. The zero-order chi connectivity index (χ0) is 16.9. The lowest BCUT2D eigenvalue weighted by Crippen LogP contribution is -2.27. The molecule has 1 heterocycles. The molecule has 5 nitrogen and oxygen atoms in total. The number of carbonyl (C=O) groups is 1. The van der Waals surface area contributed by atoms with Crippen molar-refractivity contribution in [3.63, 3.8) is 0 Å². The van der Waals surface area contributed by atoms with Gasteiger partial charge >= 0.3 is 6.18 Å². The van der Waals surface area contributed by atoms with E-state index in [0.29, 0.717) is 12.1 Å². The van der Waals surface area contributed by atoms with E-state index in [1.54, 1.807) is 6.07 Å². The van der Waals surface area contributed by atoms with Crippen LogP contribution in [0, 0.1) is 0 Å². The molecule has 2 N–H and O–H groups in total. The van der Waals surface area contributed by atoms with E-state index in [-0.39, 0.29) is 35.9 Å². The van der Waals surface area contributed by atoms with E-state index in [1.165, 1.54) is 19.2 Å². The number of ether oxygens (including phenoxy) is 2. The number of benzene rings is 1. The minimum absolute atomic E-state index is 0. The SMILES string of the molecule is COc1ccc(NC(=O)CC2CCCN2)cc1OCC(F)(F)F.Cl. The van der Waals surface area contributed by atoms with Crippen molar-refractivity contribution in [3.05, 3.63) is 18.2 Å². The van der Waals surface area contributed by atoms with E-state index in [2.05, 4.69) is 10.6 Å². The van der Waals surface area contributed by atoms with Gasteiger partial charge in [0.1, 0.15) is 0 Å². The van der Waals surface area contributed by atoms with Gasteiger partial charge in [0, 0.05) is 24.2 Å². The number of hydrogen-bond donors (Lipinski definition) is 2. The Morgan fingerprint density at radius 3 is 2.71 bits per heavy atom.